The van der Waals surface area contributed by atoms with E-state index in [9.17, 15) is 32.7 Å². The second kappa shape index (κ2) is 28.6. The van der Waals surface area contributed by atoms with Crippen molar-refractivity contribution in [3.8, 4) is 11.3 Å². The molecule has 2 heterocycles. The molecule has 0 radical (unpaired) electrons. The number of hydrogen-bond acceptors (Lipinski definition) is 15. The Balaban J connectivity index is 1.00. The molecule has 21 heteroatoms. The number of aromatic nitrogens is 1. The number of fused-ring (bicyclic) bond motifs is 1. The van der Waals surface area contributed by atoms with Gasteiger partial charge in [0.25, 0.3) is 5.56 Å². The number of methoxy groups -OCH3 is 1. The van der Waals surface area contributed by atoms with Gasteiger partial charge in [-0.1, -0.05) is 24.3 Å². The van der Waals surface area contributed by atoms with E-state index < -0.39 is 41.1 Å². The number of cyclic esters (lactones) is 1. The summed E-state index contributed by atoms with van der Waals surface area (Å²) in [5, 5.41) is 10.5. The topological polar surface area (TPSA) is 201 Å². The molecule has 0 saturated carbocycles. The Morgan fingerprint density at radius 1 is 0.688 bits per heavy atom. The van der Waals surface area contributed by atoms with Crippen LogP contribution in [0.1, 0.15) is 12.5 Å². The summed E-state index contributed by atoms with van der Waals surface area (Å²) in [4.78, 5) is 42.0. The Morgan fingerprint density at radius 3 is 1.59 bits per heavy atom. The molecule has 18 nitrogen and oxygen atoms in total. The molecule has 0 bridgehead atoms. The van der Waals surface area contributed by atoms with Crippen LogP contribution < -0.4 is 10.5 Å². The predicted octanol–water partition coefficient (Wildman–Crippen LogP) is 4.19. The maximum Gasteiger partial charge on any atom is 0.417 e. The van der Waals surface area contributed by atoms with Crippen LogP contribution in [0.2, 0.25) is 0 Å². The Labute approximate surface area is 369 Å². The lowest BCUT2D eigenvalue weighted by Crippen LogP contribution is -2.51. The SMILES string of the molecule is COCCOCCOCCOCCOCCOCCOCCOCCOCCOCCO[C@](C)(C(=O)O)C1CN(c2ccc3cc(-c4ccccc4C(F)(F)F)[nH]c(=O)c3c2)C(=O)O1. The third-order valence-electron chi connectivity index (χ3n) is 9.55. The average Bonchev–Trinajstić information content (AvgIpc) is 3.68. The minimum Gasteiger partial charge on any atom is -0.479 e. The molecule has 4 rings (SSSR count). The van der Waals surface area contributed by atoms with E-state index in [1.165, 1.54) is 49.4 Å². The molecule has 1 aliphatic heterocycles. The van der Waals surface area contributed by atoms with Crippen LogP contribution in [0.15, 0.2) is 53.3 Å². The number of halogens is 3. The molecule has 1 aliphatic rings. The van der Waals surface area contributed by atoms with Gasteiger partial charge in [-0.2, -0.15) is 13.2 Å². The highest BCUT2D eigenvalue weighted by Gasteiger charge is 2.51. The lowest BCUT2D eigenvalue weighted by Gasteiger charge is -2.29. The van der Waals surface area contributed by atoms with Gasteiger partial charge in [-0.05, 0) is 36.6 Å². The van der Waals surface area contributed by atoms with Crippen molar-refractivity contribution >= 4 is 28.5 Å². The highest BCUT2D eigenvalue weighted by atomic mass is 19.4. The van der Waals surface area contributed by atoms with Gasteiger partial charge in [-0.15, -0.1) is 0 Å². The largest absolute Gasteiger partial charge is 0.479 e. The zero-order valence-corrected chi connectivity index (χ0v) is 36.2. The number of ether oxygens (including phenoxy) is 12. The van der Waals surface area contributed by atoms with Crippen LogP contribution in [0, 0.1) is 0 Å². The highest BCUT2D eigenvalue weighted by molar-refractivity contribution is 5.95. The number of aliphatic carboxylic acids is 1. The number of anilines is 1. The number of carbonyl (C=O) groups is 2. The summed E-state index contributed by atoms with van der Waals surface area (Å²) in [6, 6.07) is 10.7. The number of alkyl halides is 3. The van der Waals surface area contributed by atoms with E-state index >= 15 is 0 Å². The minimum absolute atomic E-state index is 0.0284. The molecule has 2 N–H and O–H groups in total. The van der Waals surface area contributed by atoms with Crippen molar-refractivity contribution in [3.63, 3.8) is 0 Å². The van der Waals surface area contributed by atoms with Gasteiger partial charge in [-0.25, -0.2) is 9.59 Å². The quantitative estimate of drug-likeness (QED) is 0.0795. The molecule has 1 aromatic heterocycles. The fourth-order valence-corrected chi connectivity index (χ4v) is 6.10. The van der Waals surface area contributed by atoms with E-state index in [-0.39, 0.29) is 55.3 Å². The molecule has 1 amide bonds. The molecule has 358 valence electrons. The number of aromatic amines is 1. The van der Waals surface area contributed by atoms with E-state index in [1.54, 1.807) is 7.11 Å². The van der Waals surface area contributed by atoms with Crippen molar-refractivity contribution < 1.29 is 84.7 Å². The molecular formula is C43H59F3N2O16. The van der Waals surface area contributed by atoms with Crippen molar-refractivity contribution in [2.24, 2.45) is 0 Å². The summed E-state index contributed by atoms with van der Waals surface area (Å²) in [5.41, 5.74) is -3.53. The van der Waals surface area contributed by atoms with Crippen molar-refractivity contribution in [2.75, 3.05) is 151 Å². The molecule has 1 fully saturated rings. The first kappa shape index (κ1) is 52.4. The van der Waals surface area contributed by atoms with Gasteiger partial charge < -0.3 is 66.9 Å². The van der Waals surface area contributed by atoms with E-state index in [2.05, 4.69) is 4.98 Å². The second-order valence-electron chi connectivity index (χ2n) is 14.1. The highest BCUT2D eigenvalue weighted by Crippen LogP contribution is 2.37. The molecule has 0 aliphatic carbocycles. The smallest absolute Gasteiger partial charge is 0.417 e. The van der Waals surface area contributed by atoms with Crippen molar-refractivity contribution in [2.45, 2.75) is 24.8 Å². The minimum atomic E-state index is -4.64. The third kappa shape index (κ3) is 17.6. The molecule has 1 saturated heterocycles. The third-order valence-corrected chi connectivity index (χ3v) is 9.55. The molecular weight excluding hydrogens is 857 g/mol. The van der Waals surface area contributed by atoms with Gasteiger partial charge in [0.2, 0.25) is 5.60 Å². The lowest BCUT2D eigenvalue weighted by molar-refractivity contribution is -0.178. The van der Waals surface area contributed by atoms with E-state index in [1.807, 2.05) is 0 Å². The van der Waals surface area contributed by atoms with Crippen molar-refractivity contribution in [3.05, 3.63) is 64.4 Å². The van der Waals surface area contributed by atoms with Crippen LogP contribution >= 0.6 is 0 Å². The molecule has 0 spiro atoms. The van der Waals surface area contributed by atoms with Crippen LogP contribution in [-0.4, -0.2) is 180 Å². The number of pyridine rings is 1. The normalized spacial score (nSPS) is 15.2. The van der Waals surface area contributed by atoms with Gasteiger partial charge >= 0.3 is 18.2 Å². The number of nitrogens with zero attached hydrogens (tertiary/aromatic N) is 1. The Bertz CT molecular complexity index is 1890. The zero-order chi connectivity index (χ0) is 46.0. The number of carboxylic acids is 1. The van der Waals surface area contributed by atoms with Gasteiger partial charge in [0.1, 0.15) is 0 Å². The standard InChI is InChI=1S/C43H59F3N2O16/c1-42(40(50)51,38-31-48(41(52)64-38)33-8-7-32-29-37(47-39(49)35(32)30-33)34-5-3-4-6-36(34)43(44,45)46)63-28-27-62-26-25-61-24-23-60-22-21-59-20-19-58-18-17-57-16-15-56-14-13-55-12-11-54-10-9-53-2/h3-8,29-30,38H,9-28,31H2,1-2H3,(H,47,49)(H,50,51)/t38?,42-/m0/s1. The molecule has 1 unspecified atom stereocenters. The maximum absolute atomic E-state index is 13.6. The van der Waals surface area contributed by atoms with Crippen LogP contribution in [0.5, 0.6) is 0 Å². The molecule has 3 aromatic rings. The number of H-pyrrole nitrogens is 1. The Hall–Kier alpha value is -4.26. The molecule has 2 atom stereocenters. The number of carbonyl (C=O) groups excluding carboxylic acids is 1. The number of carboxylic acid groups (broad SMARTS) is 1. The van der Waals surface area contributed by atoms with Gasteiger partial charge in [0, 0.05) is 29.4 Å². The van der Waals surface area contributed by atoms with Gasteiger partial charge in [-0.3, -0.25) is 9.69 Å². The van der Waals surface area contributed by atoms with E-state index in [4.69, 9.17) is 56.8 Å². The first-order valence-corrected chi connectivity index (χ1v) is 20.8. The number of benzene rings is 2. The number of amides is 1. The number of nitrogens with one attached hydrogen (secondary N) is 1. The first-order chi connectivity index (χ1) is 31.0. The average molecular weight is 917 g/mol. The van der Waals surface area contributed by atoms with Crippen molar-refractivity contribution in [1.29, 1.82) is 0 Å². The Morgan fingerprint density at radius 2 is 1.14 bits per heavy atom. The van der Waals surface area contributed by atoms with Crippen LogP contribution in [-0.2, 0) is 67.8 Å². The fraction of sp³-hybridized carbons (Fsp3) is 0.605. The summed E-state index contributed by atoms with van der Waals surface area (Å²) < 4.78 is 106. The van der Waals surface area contributed by atoms with Crippen LogP contribution in [0.4, 0.5) is 23.7 Å². The monoisotopic (exact) mass is 916 g/mol. The first-order valence-electron chi connectivity index (χ1n) is 20.8. The summed E-state index contributed by atoms with van der Waals surface area (Å²) in [7, 11) is 1.63. The van der Waals surface area contributed by atoms with E-state index in [0.717, 1.165) is 11.0 Å². The second-order valence-corrected chi connectivity index (χ2v) is 14.1. The van der Waals surface area contributed by atoms with Gasteiger partial charge in [0.05, 0.1) is 144 Å². The summed E-state index contributed by atoms with van der Waals surface area (Å²) in [6.07, 6.45) is -6.75. The maximum atomic E-state index is 13.6. The summed E-state index contributed by atoms with van der Waals surface area (Å²) in [6.45, 7) is 8.74. The molecule has 64 heavy (non-hydrogen) atoms. The van der Waals surface area contributed by atoms with Gasteiger partial charge in [0.15, 0.2) is 6.10 Å². The van der Waals surface area contributed by atoms with E-state index in [0.29, 0.717) is 111 Å². The Kier molecular flexibility index (Phi) is 23.4. The lowest BCUT2D eigenvalue weighted by atomic mass is 9.98. The van der Waals surface area contributed by atoms with Crippen LogP contribution in [0.3, 0.4) is 0 Å². The predicted molar refractivity (Wildman–Crippen MR) is 224 cm³/mol. The summed E-state index contributed by atoms with van der Waals surface area (Å²) in [5.74, 6) is -1.37. The van der Waals surface area contributed by atoms with Crippen molar-refractivity contribution in [1.82, 2.24) is 4.98 Å². The fourth-order valence-electron chi connectivity index (χ4n) is 6.10. The van der Waals surface area contributed by atoms with Crippen LogP contribution in [0.25, 0.3) is 22.0 Å². The number of hydrogen-bond donors (Lipinski definition) is 2. The molecule has 2 aromatic carbocycles. The summed E-state index contributed by atoms with van der Waals surface area (Å²) >= 11 is 0. The number of rotatable bonds is 35. The zero-order valence-electron chi connectivity index (χ0n) is 36.2.